The fraction of sp³-hybridized carbons (Fsp3) is 0.400. The lowest BCUT2D eigenvalue weighted by Crippen LogP contribution is -2.10. The van der Waals surface area contributed by atoms with E-state index in [0.717, 1.165) is 6.54 Å². The highest BCUT2D eigenvalue weighted by atomic mass is 32.2. The van der Waals surface area contributed by atoms with Crippen LogP contribution in [-0.4, -0.2) is 31.8 Å². The van der Waals surface area contributed by atoms with Gasteiger partial charge < -0.3 is 0 Å². The van der Waals surface area contributed by atoms with Gasteiger partial charge in [0, 0.05) is 21.2 Å². The zero-order valence-corrected chi connectivity index (χ0v) is 9.76. The van der Waals surface area contributed by atoms with Crippen molar-refractivity contribution in [1.82, 2.24) is 4.90 Å². The molecule has 0 aromatic carbocycles. The maximum absolute atomic E-state index is 3.17. The van der Waals surface area contributed by atoms with Gasteiger partial charge in [-0.25, -0.2) is 0 Å². The van der Waals surface area contributed by atoms with Crippen LogP contribution in [0.3, 0.4) is 0 Å². The van der Waals surface area contributed by atoms with E-state index < -0.39 is 0 Å². The number of thioether (sulfide) groups is 1. The van der Waals surface area contributed by atoms with Crippen molar-refractivity contribution < 1.29 is 0 Å². The van der Waals surface area contributed by atoms with Gasteiger partial charge in [0.25, 0.3) is 0 Å². The predicted molar refractivity (Wildman–Crippen MR) is 61.5 cm³/mol. The Balaban J connectivity index is 2.65. The SMILES string of the molecule is CSc1cscc1C#CCN(C)C. The van der Waals surface area contributed by atoms with Crippen LogP contribution < -0.4 is 0 Å². The predicted octanol–water partition coefficient (Wildman–Crippen LogP) is 2.38. The highest BCUT2D eigenvalue weighted by Crippen LogP contribution is 2.23. The third-order valence-electron chi connectivity index (χ3n) is 1.46. The van der Waals surface area contributed by atoms with Crippen LogP contribution in [0.1, 0.15) is 5.56 Å². The smallest absolute Gasteiger partial charge is 0.0600 e. The average molecular weight is 211 g/mol. The average Bonchev–Trinajstić information content (AvgIpc) is 2.51. The van der Waals surface area contributed by atoms with Crippen molar-refractivity contribution in [2.75, 3.05) is 26.9 Å². The van der Waals surface area contributed by atoms with Crippen LogP contribution in [0.5, 0.6) is 0 Å². The zero-order valence-electron chi connectivity index (χ0n) is 8.13. The molecule has 1 rings (SSSR count). The quantitative estimate of drug-likeness (QED) is 0.546. The first-order valence-corrected chi connectivity index (χ1v) is 6.14. The molecule has 0 N–H and O–H groups in total. The number of thiophene rings is 1. The molecule has 70 valence electrons. The summed E-state index contributed by atoms with van der Waals surface area (Å²) >= 11 is 3.47. The maximum Gasteiger partial charge on any atom is 0.0600 e. The Hall–Kier alpha value is -0.430. The van der Waals surface area contributed by atoms with Crippen molar-refractivity contribution in [3.63, 3.8) is 0 Å². The van der Waals surface area contributed by atoms with E-state index >= 15 is 0 Å². The Morgan fingerprint density at radius 1 is 1.46 bits per heavy atom. The molecular formula is C10H13NS2. The molecule has 0 spiro atoms. The monoisotopic (exact) mass is 211 g/mol. The summed E-state index contributed by atoms with van der Waals surface area (Å²) in [6, 6.07) is 0. The van der Waals surface area contributed by atoms with Gasteiger partial charge in [-0.3, -0.25) is 4.90 Å². The zero-order chi connectivity index (χ0) is 9.68. The highest BCUT2D eigenvalue weighted by molar-refractivity contribution is 7.98. The van der Waals surface area contributed by atoms with Gasteiger partial charge in [-0.15, -0.1) is 23.1 Å². The summed E-state index contributed by atoms with van der Waals surface area (Å²) in [6.45, 7) is 0.823. The van der Waals surface area contributed by atoms with E-state index in [1.807, 2.05) is 14.1 Å². The molecule has 0 unspecified atom stereocenters. The molecule has 0 aliphatic heterocycles. The van der Waals surface area contributed by atoms with Crippen LogP contribution >= 0.6 is 23.1 Å². The Bertz CT molecular complexity index is 317. The number of hydrogen-bond acceptors (Lipinski definition) is 3. The van der Waals surface area contributed by atoms with Crippen LogP contribution in [0.2, 0.25) is 0 Å². The van der Waals surface area contributed by atoms with Crippen LogP contribution in [0.15, 0.2) is 15.7 Å². The Morgan fingerprint density at radius 3 is 2.85 bits per heavy atom. The van der Waals surface area contributed by atoms with Gasteiger partial charge >= 0.3 is 0 Å². The lowest BCUT2D eigenvalue weighted by molar-refractivity contribution is 0.464. The number of hydrogen-bond donors (Lipinski definition) is 0. The first-order valence-electron chi connectivity index (χ1n) is 3.98. The van der Waals surface area contributed by atoms with Gasteiger partial charge in [0.15, 0.2) is 0 Å². The first-order chi connectivity index (χ1) is 6.24. The molecule has 0 amide bonds. The van der Waals surface area contributed by atoms with Crippen LogP contribution in [0.25, 0.3) is 0 Å². The van der Waals surface area contributed by atoms with E-state index in [2.05, 4.69) is 33.8 Å². The molecule has 1 heterocycles. The molecule has 0 saturated carbocycles. The summed E-state index contributed by atoms with van der Waals surface area (Å²) in [5.74, 6) is 6.30. The van der Waals surface area contributed by atoms with Crippen molar-refractivity contribution in [3.05, 3.63) is 16.3 Å². The molecule has 3 heteroatoms. The third kappa shape index (κ3) is 3.43. The van der Waals surface area contributed by atoms with Crippen LogP contribution in [0.4, 0.5) is 0 Å². The standard InChI is InChI=1S/C10H13NS2/c1-11(2)6-4-5-9-7-13-8-10(9)12-3/h7-8H,6H2,1-3H3. The summed E-state index contributed by atoms with van der Waals surface area (Å²) in [7, 11) is 4.05. The van der Waals surface area contributed by atoms with Gasteiger partial charge in [-0.2, -0.15) is 0 Å². The van der Waals surface area contributed by atoms with E-state index in [1.165, 1.54) is 10.5 Å². The molecule has 1 aromatic heterocycles. The lowest BCUT2D eigenvalue weighted by Gasteiger charge is -2.00. The van der Waals surface area contributed by atoms with E-state index in [0.29, 0.717) is 0 Å². The summed E-state index contributed by atoms with van der Waals surface area (Å²) in [6.07, 6.45) is 2.08. The van der Waals surface area contributed by atoms with E-state index in [-0.39, 0.29) is 0 Å². The molecule has 0 fully saturated rings. The van der Waals surface area contributed by atoms with Crippen molar-refractivity contribution in [2.24, 2.45) is 0 Å². The second kappa shape index (κ2) is 5.33. The number of rotatable bonds is 2. The molecule has 0 radical (unpaired) electrons. The Morgan fingerprint density at radius 2 is 2.23 bits per heavy atom. The van der Waals surface area contributed by atoms with Crippen molar-refractivity contribution in [1.29, 1.82) is 0 Å². The molecule has 13 heavy (non-hydrogen) atoms. The fourth-order valence-electron chi connectivity index (χ4n) is 0.827. The van der Waals surface area contributed by atoms with Gasteiger partial charge in [0.1, 0.15) is 0 Å². The molecule has 0 aliphatic carbocycles. The summed E-state index contributed by atoms with van der Waals surface area (Å²) in [4.78, 5) is 3.36. The van der Waals surface area contributed by atoms with Gasteiger partial charge in [0.05, 0.1) is 6.54 Å². The largest absolute Gasteiger partial charge is 0.299 e. The number of nitrogens with zero attached hydrogens (tertiary/aromatic N) is 1. The minimum Gasteiger partial charge on any atom is -0.299 e. The van der Waals surface area contributed by atoms with Crippen LogP contribution in [0, 0.1) is 11.8 Å². The van der Waals surface area contributed by atoms with Crippen LogP contribution in [-0.2, 0) is 0 Å². The maximum atomic E-state index is 3.17. The lowest BCUT2D eigenvalue weighted by atomic mass is 10.3. The summed E-state index contributed by atoms with van der Waals surface area (Å²) < 4.78 is 0. The molecule has 0 aliphatic rings. The van der Waals surface area contributed by atoms with Crippen molar-refractivity contribution >= 4 is 23.1 Å². The summed E-state index contributed by atoms with van der Waals surface area (Å²) in [5.41, 5.74) is 1.17. The molecular weight excluding hydrogens is 198 g/mol. The Labute approximate surface area is 88.1 Å². The van der Waals surface area contributed by atoms with Gasteiger partial charge in [0.2, 0.25) is 0 Å². The van der Waals surface area contributed by atoms with Crippen molar-refractivity contribution in [3.8, 4) is 11.8 Å². The molecule has 0 atom stereocenters. The highest BCUT2D eigenvalue weighted by Gasteiger charge is 1.97. The molecule has 1 nitrogen and oxygen atoms in total. The van der Waals surface area contributed by atoms with Gasteiger partial charge in [-0.05, 0) is 20.4 Å². The van der Waals surface area contributed by atoms with E-state index in [9.17, 15) is 0 Å². The first kappa shape index (κ1) is 10.6. The topological polar surface area (TPSA) is 3.24 Å². The molecule has 1 aromatic rings. The minimum atomic E-state index is 0.823. The van der Waals surface area contributed by atoms with Gasteiger partial charge in [-0.1, -0.05) is 11.8 Å². The van der Waals surface area contributed by atoms with E-state index in [4.69, 9.17) is 0 Å². The minimum absolute atomic E-state index is 0.823. The second-order valence-electron chi connectivity index (χ2n) is 2.89. The second-order valence-corrected chi connectivity index (χ2v) is 4.49. The van der Waals surface area contributed by atoms with E-state index in [1.54, 1.807) is 23.1 Å². The Kier molecular flexibility index (Phi) is 4.37. The molecule has 0 saturated heterocycles. The normalized spacial score (nSPS) is 9.85. The summed E-state index contributed by atoms with van der Waals surface area (Å²) in [5, 5.41) is 4.25. The molecule has 0 bridgehead atoms. The third-order valence-corrected chi connectivity index (χ3v) is 3.14. The van der Waals surface area contributed by atoms with Crippen molar-refractivity contribution in [2.45, 2.75) is 4.90 Å². The fourth-order valence-corrected chi connectivity index (χ4v) is 2.42.